The van der Waals surface area contributed by atoms with E-state index in [1.165, 1.54) is 24.4 Å². The number of rotatable bonds is 10. The Morgan fingerprint density at radius 2 is 1.95 bits per heavy atom. The zero-order chi connectivity index (χ0) is 26.6. The van der Waals surface area contributed by atoms with Gasteiger partial charge in [-0.15, -0.1) is 0 Å². The third-order valence-electron chi connectivity index (χ3n) is 5.53. The van der Waals surface area contributed by atoms with Gasteiger partial charge in [-0.05, 0) is 48.9 Å². The first-order valence-corrected chi connectivity index (χ1v) is 13.2. The topological polar surface area (TPSA) is 154 Å². The number of halogens is 1. The molecule has 4 N–H and O–H groups in total. The van der Waals surface area contributed by atoms with Crippen LogP contribution >= 0.6 is 0 Å². The van der Waals surface area contributed by atoms with E-state index in [0.29, 0.717) is 41.1 Å². The van der Waals surface area contributed by atoms with Crippen molar-refractivity contribution in [3.63, 3.8) is 0 Å². The number of carbonyl (C=O) groups excluding carboxylic acids is 1. The molecule has 3 heterocycles. The van der Waals surface area contributed by atoms with Crippen LogP contribution in [0, 0.1) is 5.82 Å². The monoisotopic (exact) mass is 527 g/mol. The Balaban J connectivity index is 1.59. The fourth-order valence-electron chi connectivity index (χ4n) is 3.66. The van der Waals surface area contributed by atoms with Crippen LogP contribution in [0.1, 0.15) is 28.9 Å². The van der Waals surface area contributed by atoms with E-state index in [2.05, 4.69) is 25.7 Å². The van der Waals surface area contributed by atoms with Crippen molar-refractivity contribution in [3.05, 3.63) is 71.9 Å². The van der Waals surface area contributed by atoms with Gasteiger partial charge in [-0.3, -0.25) is 9.78 Å². The number of hydrogen-bond donors (Lipinski definition) is 3. The molecule has 13 heteroatoms. The first-order valence-electron chi connectivity index (χ1n) is 11.3. The summed E-state index contributed by atoms with van der Waals surface area (Å²) in [6.45, 7) is 2.47. The van der Waals surface area contributed by atoms with Gasteiger partial charge < -0.3 is 21.1 Å². The second-order valence-electron chi connectivity index (χ2n) is 8.25. The number of anilines is 1. The number of nitrogens with one attached hydrogen (secondary N) is 2. The number of nitrogens with two attached hydrogens (primary N) is 1. The lowest BCUT2D eigenvalue weighted by Crippen LogP contribution is -2.27. The van der Waals surface area contributed by atoms with Crippen molar-refractivity contribution in [2.45, 2.75) is 18.0 Å². The number of pyridine rings is 2. The van der Waals surface area contributed by atoms with Gasteiger partial charge in [0.2, 0.25) is 0 Å². The summed E-state index contributed by atoms with van der Waals surface area (Å²) in [5.41, 5.74) is 7.32. The summed E-state index contributed by atoms with van der Waals surface area (Å²) in [6, 6.07) is 8.31. The molecule has 194 valence electrons. The van der Waals surface area contributed by atoms with Gasteiger partial charge in [-0.25, -0.2) is 22.5 Å². The van der Waals surface area contributed by atoms with Crippen molar-refractivity contribution in [2.75, 3.05) is 31.5 Å². The number of fused-ring (bicyclic) bond motifs is 1. The average Bonchev–Trinajstić information content (AvgIpc) is 3.30. The second kappa shape index (κ2) is 11.0. The summed E-state index contributed by atoms with van der Waals surface area (Å²) in [6.07, 6.45) is 5.61. The zero-order valence-corrected chi connectivity index (χ0v) is 21.0. The third kappa shape index (κ3) is 6.07. The lowest BCUT2D eigenvalue weighted by molar-refractivity contribution is 0.0941. The number of hydrogen-bond acceptors (Lipinski definition) is 9. The van der Waals surface area contributed by atoms with Crippen LogP contribution in [0.4, 0.5) is 10.2 Å². The minimum Gasteiger partial charge on any atom is -0.368 e. The molecule has 0 spiro atoms. The van der Waals surface area contributed by atoms with Crippen LogP contribution in [0.3, 0.4) is 0 Å². The lowest BCUT2D eigenvalue weighted by Gasteiger charge is -2.17. The van der Waals surface area contributed by atoms with Gasteiger partial charge in [-0.1, -0.05) is 0 Å². The van der Waals surface area contributed by atoms with Crippen molar-refractivity contribution < 1.29 is 22.3 Å². The minimum atomic E-state index is -3.61. The number of carbonyl (C=O) groups is 1. The zero-order valence-electron chi connectivity index (χ0n) is 20.2. The highest BCUT2D eigenvalue weighted by Gasteiger charge is 2.20. The average molecular weight is 528 g/mol. The van der Waals surface area contributed by atoms with Crippen molar-refractivity contribution in [1.82, 2.24) is 25.1 Å². The van der Waals surface area contributed by atoms with Crippen LogP contribution in [-0.2, 0) is 14.6 Å². The Morgan fingerprint density at radius 1 is 1.19 bits per heavy atom. The minimum absolute atomic E-state index is 0.0667. The van der Waals surface area contributed by atoms with Crippen LogP contribution < -0.4 is 16.4 Å². The molecule has 0 aliphatic heterocycles. The number of sulfone groups is 1. The predicted molar refractivity (Wildman–Crippen MR) is 136 cm³/mol. The highest BCUT2D eigenvalue weighted by molar-refractivity contribution is 7.90. The van der Waals surface area contributed by atoms with Crippen molar-refractivity contribution >= 4 is 32.5 Å². The highest BCUT2D eigenvalue weighted by Crippen LogP contribution is 2.24. The molecule has 1 aromatic carbocycles. The summed E-state index contributed by atoms with van der Waals surface area (Å²) >= 11 is 0. The number of nitrogens with zero attached hydrogens (tertiary/aromatic N) is 4. The Morgan fingerprint density at radius 3 is 2.65 bits per heavy atom. The quantitative estimate of drug-likeness (QED) is 0.208. The van der Waals surface area contributed by atoms with E-state index < -0.39 is 21.8 Å². The van der Waals surface area contributed by atoms with E-state index in [9.17, 15) is 17.6 Å². The van der Waals surface area contributed by atoms with Crippen molar-refractivity contribution in [3.8, 4) is 5.69 Å². The van der Waals surface area contributed by atoms with Crippen LogP contribution in [0.15, 0.2) is 60.0 Å². The molecule has 11 nitrogen and oxygen atoms in total. The van der Waals surface area contributed by atoms with E-state index in [1.807, 2.05) is 0 Å². The highest BCUT2D eigenvalue weighted by atomic mass is 32.2. The number of benzene rings is 1. The van der Waals surface area contributed by atoms with E-state index in [1.54, 1.807) is 42.2 Å². The van der Waals surface area contributed by atoms with Crippen LogP contribution in [-0.4, -0.2) is 60.2 Å². The Kier molecular flexibility index (Phi) is 7.76. The predicted octanol–water partition coefficient (Wildman–Crippen LogP) is 2.19. The SMILES string of the molecule is C[C@H](NC(=O)c1cncc2c1cnn2-c1ccc(F)cc1)c1cc(NCCOCN)nc(S(C)(=O)=O)c1. The van der Waals surface area contributed by atoms with E-state index in [0.717, 1.165) is 6.26 Å². The molecule has 3 aromatic heterocycles. The molecular weight excluding hydrogens is 501 g/mol. The first kappa shape index (κ1) is 26.1. The fourth-order valence-corrected chi connectivity index (χ4v) is 4.27. The van der Waals surface area contributed by atoms with Gasteiger partial charge >= 0.3 is 0 Å². The number of ether oxygens (including phenoxy) is 1. The van der Waals surface area contributed by atoms with Gasteiger partial charge in [-0.2, -0.15) is 5.10 Å². The Labute approximate surface area is 212 Å². The Bertz CT molecular complexity index is 1520. The summed E-state index contributed by atoms with van der Waals surface area (Å²) in [5, 5.41) is 10.7. The molecule has 0 aliphatic carbocycles. The molecule has 0 radical (unpaired) electrons. The second-order valence-corrected chi connectivity index (χ2v) is 10.2. The molecule has 1 atom stereocenters. The van der Waals surface area contributed by atoms with Gasteiger partial charge in [0.25, 0.3) is 5.91 Å². The van der Waals surface area contributed by atoms with Gasteiger partial charge in [0.15, 0.2) is 14.9 Å². The number of aromatic nitrogens is 4. The molecule has 0 unspecified atom stereocenters. The maximum Gasteiger partial charge on any atom is 0.254 e. The molecule has 0 fully saturated rings. The van der Waals surface area contributed by atoms with Crippen LogP contribution in [0.25, 0.3) is 16.6 Å². The first-order chi connectivity index (χ1) is 17.7. The molecule has 0 saturated heterocycles. The summed E-state index contributed by atoms with van der Waals surface area (Å²) in [4.78, 5) is 21.6. The summed E-state index contributed by atoms with van der Waals surface area (Å²) in [5.74, 6) is -0.471. The standard InChI is InChI=1S/C24H26FN7O4S/c1-15(16-9-22(28-7-8-36-14-26)31-23(10-16)37(2,34)35)30-24(33)20-11-27-13-21-19(20)12-29-32(21)18-5-3-17(25)4-6-18/h3-6,9-13,15H,7-8,14,26H2,1-2H3,(H,28,31)(H,30,33)/t15-/m0/s1. The molecule has 4 aromatic rings. The molecular formula is C24H26FN7O4S. The van der Waals surface area contributed by atoms with Crippen LogP contribution in [0.2, 0.25) is 0 Å². The van der Waals surface area contributed by atoms with Crippen molar-refractivity contribution in [2.24, 2.45) is 5.73 Å². The lowest BCUT2D eigenvalue weighted by atomic mass is 10.1. The molecule has 37 heavy (non-hydrogen) atoms. The molecule has 4 rings (SSSR count). The fraction of sp³-hybridized carbons (Fsp3) is 0.250. The van der Waals surface area contributed by atoms with E-state index >= 15 is 0 Å². The molecule has 1 amide bonds. The summed E-state index contributed by atoms with van der Waals surface area (Å²) < 4.78 is 44.4. The molecule has 0 aliphatic rings. The Hall–Kier alpha value is -3.94. The molecule has 0 bridgehead atoms. The van der Waals surface area contributed by atoms with Crippen LogP contribution in [0.5, 0.6) is 0 Å². The summed E-state index contributed by atoms with van der Waals surface area (Å²) in [7, 11) is -3.61. The molecule has 0 saturated carbocycles. The third-order valence-corrected chi connectivity index (χ3v) is 6.50. The van der Waals surface area contributed by atoms with Gasteiger partial charge in [0.1, 0.15) is 11.6 Å². The van der Waals surface area contributed by atoms with Gasteiger partial charge in [0.05, 0.1) is 48.5 Å². The smallest absolute Gasteiger partial charge is 0.254 e. The maximum atomic E-state index is 13.3. The van der Waals surface area contributed by atoms with E-state index in [4.69, 9.17) is 10.5 Å². The van der Waals surface area contributed by atoms with Gasteiger partial charge in [0, 0.05) is 24.4 Å². The van der Waals surface area contributed by atoms with Crippen molar-refractivity contribution in [1.29, 1.82) is 0 Å². The van der Waals surface area contributed by atoms with E-state index in [-0.39, 0.29) is 23.1 Å². The number of amides is 1. The maximum absolute atomic E-state index is 13.3. The largest absolute Gasteiger partial charge is 0.368 e. The normalized spacial score (nSPS) is 12.4.